The molecule has 8 heteroatoms. The predicted molar refractivity (Wildman–Crippen MR) is 114 cm³/mol. The smallest absolute Gasteiger partial charge is 0.283 e. The minimum atomic E-state index is -0.514. The summed E-state index contributed by atoms with van der Waals surface area (Å²) >= 11 is 0. The molecule has 0 saturated carbocycles. The normalized spacial score (nSPS) is 11.2. The molecule has 0 aromatic heterocycles. The fraction of sp³-hybridized carbons (Fsp3) is 0.550. The first-order valence-electron chi connectivity index (χ1n) is 9.10. The number of allylic oxidation sites excluding steroid dienone is 2. The number of nitrogens with two attached hydrogens (primary N) is 4. The summed E-state index contributed by atoms with van der Waals surface area (Å²) in [6, 6.07) is 0. The molecule has 0 rings (SSSR count). The second-order valence-corrected chi connectivity index (χ2v) is 5.92. The lowest BCUT2D eigenvalue weighted by atomic mass is 9.76. The summed E-state index contributed by atoms with van der Waals surface area (Å²) in [5.41, 5.74) is 21.3. The van der Waals surface area contributed by atoms with Gasteiger partial charge in [0.15, 0.2) is 5.76 Å². The van der Waals surface area contributed by atoms with E-state index >= 15 is 0 Å². The molecule has 0 spiro atoms. The molecule has 162 valence electrons. The Kier molecular flexibility index (Phi) is 17.8. The van der Waals surface area contributed by atoms with Gasteiger partial charge >= 0.3 is 0 Å². The molecular weight excluding hydrogens is 360 g/mol. The highest BCUT2D eigenvalue weighted by atomic mass is 16.5. The van der Waals surface area contributed by atoms with Gasteiger partial charge in [0.05, 0.1) is 7.11 Å². The molecule has 0 aliphatic carbocycles. The zero-order valence-corrected chi connectivity index (χ0v) is 18.1. The highest BCUT2D eigenvalue weighted by Gasteiger charge is 2.30. The van der Waals surface area contributed by atoms with Gasteiger partial charge in [-0.2, -0.15) is 0 Å². The van der Waals surface area contributed by atoms with Crippen molar-refractivity contribution in [2.75, 3.05) is 13.7 Å². The van der Waals surface area contributed by atoms with E-state index in [4.69, 9.17) is 22.9 Å². The summed E-state index contributed by atoms with van der Waals surface area (Å²) in [5.74, 6) is -1.07. The average Bonchev–Trinajstić information content (AvgIpc) is 2.67. The lowest BCUT2D eigenvalue weighted by Gasteiger charge is -2.30. The molecule has 28 heavy (non-hydrogen) atoms. The molecule has 8 nitrogen and oxygen atoms in total. The highest BCUT2D eigenvalue weighted by molar-refractivity contribution is 5.92. The van der Waals surface area contributed by atoms with Gasteiger partial charge in [-0.25, -0.2) is 0 Å². The van der Waals surface area contributed by atoms with E-state index in [2.05, 4.69) is 11.3 Å². The zero-order valence-electron chi connectivity index (χ0n) is 18.1. The number of amides is 3. The van der Waals surface area contributed by atoms with Crippen molar-refractivity contribution in [2.45, 2.75) is 53.9 Å². The van der Waals surface area contributed by atoms with Gasteiger partial charge in [0, 0.05) is 23.1 Å². The number of ether oxygens (including phenoxy) is 1. The van der Waals surface area contributed by atoms with E-state index < -0.39 is 11.8 Å². The largest absolute Gasteiger partial charge is 0.491 e. The van der Waals surface area contributed by atoms with E-state index in [9.17, 15) is 14.4 Å². The van der Waals surface area contributed by atoms with Gasteiger partial charge in [-0.3, -0.25) is 14.4 Å². The molecule has 0 fully saturated rings. The highest BCUT2D eigenvalue weighted by Crippen LogP contribution is 2.32. The predicted octanol–water partition coefficient (Wildman–Crippen LogP) is 1.64. The fourth-order valence-electron chi connectivity index (χ4n) is 1.96. The van der Waals surface area contributed by atoms with Crippen LogP contribution in [0, 0.1) is 5.41 Å². The van der Waals surface area contributed by atoms with Crippen molar-refractivity contribution in [1.82, 2.24) is 0 Å². The Morgan fingerprint density at radius 1 is 1.00 bits per heavy atom. The van der Waals surface area contributed by atoms with Gasteiger partial charge in [-0.05, 0) is 39.2 Å². The quantitative estimate of drug-likeness (QED) is 0.342. The Hall–Kier alpha value is -2.61. The van der Waals surface area contributed by atoms with Crippen molar-refractivity contribution in [2.24, 2.45) is 28.3 Å². The summed E-state index contributed by atoms with van der Waals surface area (Å²) in [5, 5.41) is 0. The standard InChI is InChI=1S/C9H18N2O.C6H11NO2.C5H9NO/c1-4-9(5-2,6-10)7(3)8(11)12;1-3-4-5(9-2)6(7)8;1-3-4(2)5(6)7/h3-6,10H2,1-2H3,(H2,11,12);4H,3H2,1-2H3,(H2,7,8);3H,1-2H3,(H2,6,7)/b;5-4+;4-3+. The number of methoxy groups -OCH3 is 1. The molecule has 0 saturated heterocycles. The summed E-state index contributed by atoms with van der Waals surface area (Å²) in [6.45, 7) is 13.5. The van der Waals surface area contributed by atoms with Crippen molar-refractivity contribution in [3.8, 4) is 0 Å². The van der Waals surface area contributed by atoms with E-state index in [1.807, 2.05) is 20.8 Å². The van der Waals surface area contributed by atoms with E-state index in [0.717, 1.165) is 19.3 Å². The van der Waals surface area contributed by atoms with Crippen LogP contribution in [0.15, 0.2) is 35.6 Å². The number of hydrogen-bond donors (Lipinski definition) is 4. The van der Waals surface area contributed by atoms with Crippen LogP contribution in [0.5, 0.6) is 0 Å². The monoisotopic (exact) mass is 398 g/mol. The number of rotatable bonds is 9. The topological polar surface area (TPSA) is 165 Å². The number of carbonyl (C=O) groups excluding carboxylic acids is 3. The van der Waals surface area contributed by atoms with Crippen molar-refractivity contribution in [3.05, 3.63) is 35.6 Å². The molecule has 0 radical (unpaired) electrons. The Morgan fingerprint density at radius 3 is 1.54 bits per heavy atom. The van der Waals surface area contributed by atoms with Crippen LogP contribution in [-0.4, -0.2) is 31.4 Å². The minimum Gasteiger partial charge on any atom is -0.491 e. The van der Waals surface area contributed by atoms with Crippen molar-refractivity contribution < 1.29 is 19.1 Å². The summed E-state index contributed by atoms with van der Waals surface area (Å²) in [4.78, 5) is 31.3. The summed E-state index contributed by atoms with van der Waals surface area (Å²) < 4.78 is 4.64. The molecule has 0 atom stereocenters. The Labute approximate surface area is 169 Å². The molecular formula is C20H38N4O4. The molecule has 0 aliphatic rings. The summed E-state index contributed by atoms with van der Waals surface area (Å²) in [7, 11) is 1.42. The van der Waals surface area contributed by atoms with Gasteiger partial charge in [0.2, 0.25) is 11.8 Å². The average molecular weight is 399 g/mol. The molecule has 3 amide bonds. The molecule has 0 bridgehead atoms. The van der Waals surface area contributed by atoms with Crippen LogP contribution < -0.4 is 22.9 Å². The first-order valence-corrected chi connectivity index (χ1v) is 9.10. The maximum atomic E-state index is 10.9. The summed E-state index contributed by atoms with van der Waals surface area (Å²) in [6.07, 6.45) is 5.69. The van der Waals surface area contributed by atoms with E-state index in [-0.39, 0.29) is 17.1 Å². The third kappa shape index (κ3) is 11.9. The molecule has 0 aromatic rings. The lowest BCUT2D eigenvalue weighted by Crippen LogP contribution is -2.36. The maximum Gasteiger partial charge on any atom is 0.283 e. The minimum absolute atomic E-state index is 0.234. The number of primary amides is 3. The molecule has 0 heterocycles. The maximum absolute atomic E-state index is 10.9. The van der Waals surface area contributed by atoms with Crippen molar-refractivity contribution >= 4 is 17.7 Å². The first kappa shape index (κ1) is 30.1. The fourth-order valence-corrected chi connectivity index (χ4v) is 1.96. The Morgan fingerprint density at radius 2 is 1.46 bits per heavy atom. The van der Waals surface area contributed by atoms with Crippen LogP contribution in [0.1, 0.15) is 53.9 Å². The zero-order chi connectivity index (χ0) is 22.9. The van der Waals surface area contributed by atoms with E-state index in [1.54, 1.807) is 26.0 Å². The van der Waals surface area contributed by atoms with E-state index in [1.165, 1.54) is 7.11 Å². The third-order valence-electron chi connectivity index (χ3n) is 4.36. The van der Waals surface area contributed by atoms with E-state index in [0.29, 0.717) is 17.7 Å². The van der Waals surface area contributed by atoms with Crippen LogP contribution in [0.25, 0.3) is 0 Å². The van der Waals surface area contributed by atoms with Crippen LogP contribution in [0.2, 0.25) is 0 Å². The van der Waals surface area contributed by atoms with Crippen LogP contribution in [0.3, 0.4) is 0 Å². The molecule has 0 unspecified atom stereocenters. The van der Waals surface area contributed by atoms with Gasteiger partial charge in [0.1, 0.15) is 0 Å². The third-order valence-corrected chi connectivity index (χ3v) is 4.36. The molecule has 0 aliphatic heterocycles. The van der Waals surface area contributed by atoms with Crippen molar-refractivity contribution in [1.29, 1.82) is 0 Å². The second kappa shape index (κ2) is 16.6. The van der Waals surface area contributed by atoms with Crippen molar-refractivity contribution in [3.63, 3.8) is 0 Å². The van der Waals surface area contributed by atoms with Gasteiger partial charge in [-0.1, -0.05) is 33.4 Å². The van der Waals surface area contributed by atoms with Crippen LogP contribution >= 0.6 is 0 Å². The molecule has 8 N–H and O–H groups in total. The number of hydrogen-bond acceptors (Lipinski definition) is 5. The van der Waals surface area contributed by atoms with Crippen LogP contribution in [0.4, 0.5) is 0 Å². The Balaban J connectivity index is -0.000000349. The van der Waals surface area contributed by atoms with Crippen LogP contribution in [-0.2, 0) is 19.1 Å². The molecule has 0 aromatic carbocycles. The van der Waals surface area contributed by atoms with Gasteiger partial charge in [-0.15, -0.1) is 0 Å². The van der Waals surface area contributed by atoms with Gasteiger partial charge < -0.3 is 27.7 Å². The Bertz CT molecular complexity index is 568. The number of carbonyl (C=O) groups is 3. The lowest BCUT2D eigenvalue weighted by molar-refractivity contribution is -0.117. The second-order valence-electron chi connectivity index (χ2n) is 5.92. The van der Waals surface area contributed by atoms with Gasteiger partial charge in [0.25, 0.3) is 5.91 Å². The SMILES string of the molecule is C/C=C(\C)C(N)=O.C=C(C(N)=O)C(CC)(CC)CN.CC/C=C(/OC)C(N)=O. The first-order chi connectivity index (χ1) is 12.9.